The highest BCUT2D eigenvalue weighted by Gasteiger charge is 2.13. The van der Waals surface area contributed by atoms with E-state index in [0.29, 0.717) is 6.54 Å². The van der Waals surface area contributed by atoms with Crippen molar-refractivity contribution in [2.24, 2.45) is 0 Å². The molecule has 0 unspecified atom stereocenters. The monoisotopic (exact) mass is 417 g/mol. The first-order valence-corrected chi connectivity index (χ1v) is 10.8. The lowest BCUT2D eigenvalue weighted by atomic mass is 10.1. The lowest BCUT2D eigenvalue weighted by Crippen LogP contribution is -2.18. The largest absolute Gasteiger partial charge is 0.365 e. The summed E-state index contributed by atoms with van der Waals surface area (Å²) in [6.07, 6.45) is 4.23. The molecule has 0 bridgehead atoms. The van der Waals surface area contributed by atoms with Crippen molar-refractivity contribution in [2.75, 3.05) is 18.4 Å². The fraction of sp³-hybridized carbons (Fsp3) is 0.250. The van der Waals surface area contributed by atoms with E-state index in [1.165, 1.54) is 31.5 Å². The number of hydrogen-bond donors (Lipinski definition) is 2. The average molecular weight is 418 g/mol. The molecule has 0 amide bonds. The molecule has 4 aromatic rings. The van der Waals surface area contributed by atoms with Gasteiger partial charge in [-0.15, -0.1) is 0 Å². The van der Waals surface area contributed by atoms with Crippen LogP contribution in [0.4, 0.5) is 5.82 Å². The maximum atomic E-state index is 6.09. The van der Waals surface area contributed by atoms with Crippen LogP contribution in [-0.2, 0) is 13.1 Å². The maximum Gasteiger partial charge on any atom is 0.143 e. The van der Waals surface area contributed by atoms with Gasteiger partial charge < -0.3 is 10.3 Å². The van der Waals surface area contributed by atoms with Crippen molar-refractivity contribution in [3.05, 3.63) is 77.1 Å². The van der Waals surface area contributed by atoms with Gasteiger partial charge >= 0.3 is 0 Å². The number of benzene rings is 2. The smallest absolute Gasteiger partial charge is 0.143 e. The second-order valence-electron chi connectivity index (χ2n) is 7.83. The maximum absolute atomic E-state index is 6.09. The zero-order chi connectivity index (χ0) is 20.3. The molecular weight excluding hydrogens is 394 g/mol. The summed E-state index contributed by atoms with van der Waals surface area (Å²) in [5, 5.41) is 5.13. The molecular formula is C24H24ClN5. The third kappa shape index (κ3) is 4.18. The van der Waals surface area contributed by atoms with Gasteiger partial charge in [0.05, 0.1) is 5.39 Å². The molecule has 5 rings (SSSR count). The Balaban J connectivity index is 1.35. The summed E-state index contributed by atoms with van der Waals surface area (Å²) in [7, 11) is 0. The van der Waals surface area contributed by atoms with E-state index in [-0.39, 0.29) is 0 Å². The molecule has 2 aromatic carbocycles. The van der Waals surface area contributed by atoms with Crippen LogP contribution < -0.4 is 5.32 Å². The van der Waals surface area contributed by atoms with Gasteiger partial charge in [-0.2, -0.15) is 0 Å². The summed E-state index contributed by atoms with van der Waals surface area (Å²) in [5.41, 5.74) is 5.50. The number of nitrogens with zero attached hydrogens (tertiary/aromatic N) is 3. The first-order chi connectivity index (χ1) is 14.7. The van der Waals surface area contributed by atoms with Crippen molar-refractivity contribution < 1.29 is 0 Å². The summed E-state index contributed by atoms with van der Waals surface area (Å²) in [5.74, 6) is 0.813. The molecule has 0 aliphatic carbocycles. The first kappa shape index (κ1) is 19.1. The van der Waals surface area contributed by atoms with Gasteiger partial charge in [0.15, 0.2) is 0 Å². The second kappa shape index (κ2) is 8.46. The molecule has 0 saturated carbocycles. The van der Waals surface area contributed by atoms with Crippen molar-refractivity contribution in [1.82, 2.24) is 19.9 Å². The van der Waals surface area contributed by atoms with Crippen LogP contribution in [0.25, 0.3) is 22.3 Å². The highest BCUT2D eigenvalue weighted by atomic mass is 35.5. The van der Waals surface area contributed by atoms with Gasteiger partial charge in [-0.1, -0.05) is 48.0 Å². The summed E-state index contributed by atoms with van der Waals surface area (Å²) in [6, 6.07) is 18.8. The summed E-state index contributed by atoms with van der Waals surface area (Å²) in [4.78, 5) is 14.8. The lowest BCUT2D eigenvalue weighted by molar-refractivity contribution is 0.331. The van der Waals surface area contributed by atoms with Crippen molar-refractivity contribution in [3.8, 4) is 11.3 Å². The molecule has 6 heteroatoms. The second-order valence-corrected chi connectivity index (χ2v) is 8.27. The predicted molar refractivity (Wildman–Crippen MR) is 123 cm³/mol. The number of fused-ring (bicyclic) bond motifs is 1. The Kier molecular flexibility index (Phi) is 5.39. The van der Waals surface area contributed by atoms with Crippen LogP contribution in [0.2, 0.25) is 5.02 Å². The number of H-pyrrole nitrogens is 1. The van der Waals surface area contributed by atoms with Crippen molar-refractivity contribution >= 4 is 28.5 Å². The number of rotatable bonds is 6. The average Bonchev–Trinajstić information content (AvgIpc) is 3.43. The standard InChI is InChI=1S/C24H24ClN5/c25-20-5-3-4-18(12-20)14-26-23-21-13-22(29-24(21)28-16-27-23)19-8-6-17(7-9-19)15-30-10-1-2-11-30/h3-9,12-13,16H,1-2,10-11,14-15H2,(H2,26,27,28,29). The Morgan fingerprint density at radius 1 is 0.967 bits per heavy atom. The number of likely N-dealkylation sites (tertiary alicyclic amines) is 1. The molecule has 2 aromatic heterocycles. The number of anilines is 1. The number of hydrogen-bond acceptors (Lipinski definition) is 4. The molecule has 5 nitrogen and oxygen atoms in total. The van der Waals surface area contributed by atoms with Gasteiger partial charge in [0.25, 0.3) is 0 Å². The van der Waals surface area contributed by atoms with E-state index < -0.39 is 0 Å². The van der Waals surface area contributed by atoms with E-state index >= 15 is 0 Å². The highest BCUT2D eigenvalue weighted by Crippen LogP contribution is 2.27. The van der Waals surface area contributed by atoms with E-state index in [2.05, 4.69) is 55.5 Å². The molecule has 152 valence electrons. The number of halogens is 1. The molecule has 1 aliphatic rings. The Labute approximate surface area is 181 Å². The minimum absolute atomic E-state index is 0.651. The molecule has 30 heavy (non-hydrogen) atoms. The summed E-state index contributed by atoms with van der Waals surface area (Å²) < 4.78 is 0. The molecule has 0 atom stereocenters. The van der Waals surface area contributed by atoms with Crippen LogP contribution in [0.3, 0.4) is 0 Å². The van der Waals surface area contributed by atoms with Gasteiger partial charge in [-0.05, 0) is 60.8 Å². The molecule has 1 aliphatic heterocycles. The third-order valence-electron chi connectivity index (χ3n) is 5.64. The number of aromatic amines is 1. The minimum Gasteiger partial charge on any atom is -0.365 e. The predicted octanol–water partition coefficient (Wildman–Crippen LogP) is 5.49. The van der Waals surface area contributed by atoms with Crippen LogP contribution in [-0.4, -0.2) is 32.9 Å². The molecule has 3 heterocycles. The van der Waals surface area contributed by atoms with Gasteiger partial charge in [0.1, 0.15) is 17.8 Å². The Morgan fingerprint density at radius 2 is 1.80 bits per heavy atom. The van der Waals surface area contributed by atoms with Gasteiger partial charge in [0, 0.05) is 23.8 Å². The van der Waals surface area contributed by atoms with E-state index in [1.54, 1.807) is 6.33 Å². The Morgan fingerprint density at radius 3 is 2.60 bits per heavy atom. The minimum atomic E-state index is 0.651. The van der Waals surface area contributed by atoms with Gasteiger partial charge in [-0.3, -0.25) is 4.90 Å². The molecule has 1 fully saturated rings. The van der Waals surface area contributed by atoms with Crippen LogP contribution >= 0.6 is 11.6 Å². The van der Waals surface area contributed by atoms with E-state index in [4.69, 9.17) is 11.6 Å². The van der Waals surface area contributed by atoms with Gasteiger partial charge in [0.2, 0.25) is 0 Å². The van der Waals surface area contributed by atoms with Gasteiger partial charge in [-0.25, -0.2) is 9.97 Å². The molecule has 1 saturated heterocycles. The van der Waals surface area contributed by atoms with E-state index in [0.717, 1.165) is 45.2 Å². The van der Waals surface area contributed by atoms with Crippen LogP contribution in [0.5, 0.6) is 0 Å². The van der Waals surface area contributed by atoms with Crippen LogP contribution in [0.15, 0.2) is 60.9 Å². The summed E-state index contributed by atoms with van der Waals surface area (Å²) in [6.45, 7) is 4.12. The van der Waals surface area contributed by atoms with Crippen molar-refractivity contribution in [2.45, 2.75) is 25.9 Å². The summed E-state index contributed by atoms with van der Waals surface area (Å²) >= 11 is 6.09. The zero-order valence-corrected chi connectivity index (χ0v) is 17.5. The lowest BCUT2D eigenvalue weighted by Gasteiger charge is -2.14. The molecule has 2 N–H and O–H groups in total. The van der Waals surface area contributed by atoms with E-state index in [9.17, 15) is 0 Å². The number of nitrogens with one attached hydrogen (secondary N) is 2. The van der Waals surface area contributed by atoms with Crippen molar-refractivity contribution in [3.63, 3.8) is 0 Å². The van der Waals surface area contributed by atoms with Crippen LogP contribution in [0, 0.1) is 0 Å². The third-order valence-corrected chi connectivity index (χ3v) is 5.88. The van der Waals surface area contributed by atoms with E-state index in [1.807, 2.05) is 24.3 Å². The zero-order valence-electron chi connectivity index (χ0n) is 16.7. The van der Waals surface area contributed by atoms with Crippen LogP contribution in [0.1, 0.15) is 24.0 Å². The molecule has 0 spiro atoms. The highest BCUT2D eigenvalue weighted by molar-refractivity contribution is 6.30. The SMILES string of the molecule is Clc1cccc(CNc2ncnc3[nH]c(-c4ccc(CN5CCCC5)cc4)cc23)c1. The normalized spacial score (nSPS) is 14.4. The molecule has 0 radical (unpaired) electrons. The Hall–Kier alpha value is -2.89. The topological polar surface area (TPSA) is 56.8 Å². The quantitative estimate of drug-likeness (QED) is 0.435. The Bertz CT molecular complexity index is 1150. The number of aromatic nitrogens is 3. The fourth-order valence-corrected chi connectivity index (χ4v) is 4.27. The fourth-order valence-electron chi connectivity index (χ4n) is 4.06. The first-order valence-electron chi connectivity index (χ1n) is 10.4. The van der Waals surface area contributed by atoms with Crippen molar-refractivity contribution in [1.29, 1.82) is 0 Å².